The molecule has 0 aromatic heterocycles. The zero-order chi connectivity index (χ0) is 18.1. The molecule has 1 aliphatic rings. The molecule has 4 nitrogen and oxygen atoms in total. The quantitative estimate of drug-likeness (QED) is 0.812. The third kappa shape index (κ3) is 3.73. The van der Waals surface area contributed by atoms with Crippen molar-refractivity contribution in [3.63, 3.8) is 0 Å². The molecule has 0 bridgehead atoms. The van der Waals surface area contributed by atoms with E-state index in [0.29, 0.717) is 27.9 Å². The number of hydrogen-bond acceptors (Lipinski definition) is 4. The summed E-state index contributed by atoms with van der Waals surface area (Å²) < 4.78 is 13.9. The minimum Gasteiger partial charge on any atom is -0.398 e. The number of halogens is 1. The fourth-order valence-corrected chi connectivity index (χ4v) is 3.00. The molecule has 4 N–H and O–H groups in total. The first-order valence-corrected chi connectivity index (χ1v) is 8.31. The van der Waals surface area contributed by atoms with Crippen LogP contribution in [0.2, 0.25) is 0 Å². The largest absolute Gasteiger partial charge is 0.398 e. The Kier molecular flexibility index (Phi) is 5.23. The summed E-state index contributed by atoms with van der Waals surface area (Å²) in [5.74, 6) is 0.494. The van der Waals surface area contributed by atoms with Crippen molar-refractivity contribution in [1.29, 1.82) is 0 Å². The molecule has 1 heterocycles. The third-order valence-corrected chi connectivity index (χ3v) is 5.04. The molecule has 2 rings (SSSR count). The molecule has 0 spiro atoms. The minimum atomic E-state index is -0.362. The van der Waals surface area contributed by atoms with Gasteiger partial charge in [-0.05, 0) is 36.0 Å². The Morgan fingerprint density at radius 2 is 1.88 bits per heavy atom. The van der Waals surface area contributed by atoms with Gasteiger partial charge in [0, 0.05) is 43.6 Å². The van der Waals surface area contributed by atoms with Crippen LogP contribution in [-0.4, -0.2) is 29.9 Å². The SMILES string of the molecule is C=C(c1cc(F)cc(CN)c1N)N(C)C(=C)N1CCC(C)(C)CC1. The molecule has 0 radical (unpaired) electrons. The molecule has 1 aromatic carbocycles. The van der Waals surface area contributed by atoms with Gasteiger partial charge in [0.15, 0.2) is 0 Å². The van der Waals surface area contributed by atoms with E-state index in [0.717, 1.165) is 31.8 Å². The summed E-state index contributed by atoms with van der Waals surface area (Å²) in [7, 11) is 1.89. The smallest absolute Gasteiger partial charge is 0.124 e. The molecule has 0 atom stereocenters. The van der Waals surface area contributed by atoms with Crippen LogP contribution in [0.25, 0.3) is 5.70 Å². The Morgan fingerprint density at radius 3 is 2.42 bits per heavy atom. The number of nitrogen functional groups attached to an aromatic ring is 1. The Morgan fingerprint density at radius 1 is 1.29 bits per heavy atom. The Hall–Kier alpha value is -2.01. The van der Waals surface area contributed by atoms with E-state index in [1.807, 2.05) is 11.9 Å². The van der Waals surface area contributed by atoms with Gasteiger partial charge < -0.3 is 21.3 Å². The highest BCUT2D eigenvalue weighted by molar-refractivity contribution is 5.75. The van der Waals surface area contributed by atoms with Crippen molar-refractivity contribution in [2.45, 2.75) is 33.2 Å². The van der Waals surface area contributed by atoms with Gasteiger partial charge in [-0.3, -0.25) is 0 Å². The second-order valence-electron chi connectivity index (χ2n) is 7.30. The van der Waals surface area contributed by atoms with E-state index < -0.39 is 0 Å². The maximum atomic E-state index is 13.9. The summed E-state index contributed by atoms with van der Waals surface area (Å²) in [5.41, 5.74) is 14.4. The van der Waals surface area contributed by atoms with Gasteiger partial charge in [0.05, 0.1) is 0 Å². The number of hydrogen-bond donors (Lipinski definition) is 2. The van der Waals surface area contributed by atoms with Crippen molar-refractivity contribution in [2.24, 2.45) is 11.1 Å². The van der Waals surface area contributed by atoms with E-state index in [4.69, 9.17) is 11.5 Å². The van der Waals surface area contributed by atoms with Crippen LogP contribution in [0.5, 0.6) is 0 Å². The van der Waals surface area contributed by atoms with Crippen molar-refractivity contribution in [3.05, 3.63) is 48.1 Å². The first-order chi connectivity index (χ1) is 11.2. The summed E-state index contributed by atoms with van der Waals surface area (Å²) in [4.78, 5) is 4.12. The van der Waals surface area contributed by atoms with Crippen LogP contribution in [0.1, 0.15) is 37.8 Å². The average molecular weight is 332 g/mol. The molecular weight excluding hydrogens is 303 g/mol. The second-order valence-corrected chi connectivity index (χ2v) is 7.30. The van der Waals surface area contributed by atoms with Crippen molar-refractivity contribution in [3.8, 4) is 0 Å². The van der Waals surface area contributed by atoms with E-state index in [1.54, 1.807) is 0 Å². The Balaban J connectivity index is 2.18. The van der Waals surface area contributed by atoms with Gasteiger partial charge in [-0.15, -0.1) is 0 Å². The monoisotopic (exact) mass is 332 g/mol. The number of piperidine rings is 1. The number of rotatable bonds is 5. The van der Waals surface area contributed by atoms with Crippen LogP contribution in [0.4, 0.5) is 10.1 Å². The first-order valence-electron chi connectivity index (χ1n) is 8.31. The van der Waals surface area contributed by atoms with Crippen molar-refractivity contribution >= 4 is 11.4 Å². The van der Waals surface area contributed by atoms with Gasteiger partial charge in [-0.25, -0.2) is 4.39 Å². The molecular formula is C19H29FN4. The summed E-state index contributed by atoms with van der Waals surface area (Å²) >= 11 is 0. The Bertz CT molecular complexity index is 641. The fourth-order valence-electron chi connectivity index (χ4n) is 3.00. The van der Waals surface area contributed by atoms with Gasteiger partial charge in [0.25, 0.3) is 0 Å². The van der Waals surface area contributed by atoms with Crippen molar-refractivity contribution in [1.82, 2.24) is 9.80 Å². The standard InChI is InChI=1S/C19H29FN4/c1-13(17-11-16(20)10-15(12-21)18(17)22)23(5)14(2)24-8-6-19(3,4)7-9-24/h10-11H,1-2,6-9,12,21-22H2,3-5H3. The number of nitrogens with zero attached hydrogens (tertiary/aromatic N) is 2. The zero-order valence-electron chi connectivity index (χ0n) is 15.0. The first kappa shape index (κ1) is 18.3. The molecule has 1 fully saturated rings. The summed E-state index contributed by atoms with van der Waals surface area (Å²) in [6.45, 7) is 15.0. The predicted octanol–water partition coefficient (Wildman–Crippen LogP) is 3.36. The van der Waals surface area contributed by atoms with Gasteiger partial charge >= 0.3 is 0 Å². The molecule has 132 valence electrons. The molecule has 1 aromatic rings. The van der Waals surface area contributed by atoms with Gasteiger partial charge in [0.2, 0.25) is 0 Å². The molecule has 0 aliphatic carbocycles. The highest BCUT2D eigenvalue weighted by atomic mass is 19.1. The summed E-state index contributed by atoms with van der Waals surface area (Å²) in [5, 5.41) is 0. The minimum absolute atomic E-state index is 0.190. The number of benzene rings is 1. The lowest BCUT2D eigenvalue weighted by molar-refractivity contribution is 0.142. The van der Waals surface area contributed by atoms with E-state index in [1.165, 1.54) is 12.1 Å². The molecule has 0 amide bonds. The molecule has 0 saturated carbocycles. The zero-order valence-corrected chi connectivity index (χ0v) is 15.0. The molecule has 1 saturated heterocycles. The molecule has 24 heavy (non-hydrogen) atoms. The number of likely N-dealkylation sites (tertiary alicyclic amines) is 1. The van der Waals surface area contributed by atoms with Gasteiger partial charge in [-0.2, -0.15) is 0 Å². The number of nitrogens with two attached hydrogens (primary N) is 2. The van der Waals surface area contributed by atoms with Crippen LogP contribution in [0, 0.1) is 11.2 Å². The molecule has 0 unspecified atom stereocenters. The average Bonchev–Trinajstić information content (AvgIpc) is 2.54. The lowest BCUT2D eigenvalue weighted by Gasteiger charge is -2.41. The lowest BCUT2D eigenvalue weighted by atomic mass is 9.83. The number of anilines is 1. The highest BCUT2D eigenvalue weighted by Crippen LogP contribution is 2.34. The fraction of sp³-hybridized carbons (Fsp3) is 0.474. The maximum Gasteiger partial charge on any atom is 0.124 e. The predicted molar refractivity (Wildman–Crippen MR) is 99.2 cm³/mol. The highest BCUT2D eigenvalue weighted by Gasteiger charge is 2.27. The second kappa shape index (κ2) is 6.85. The van der Waals surface area contributed by atoms with E-state index >= 15 is 0 Å². The van der Waals surface area contributed by atoms with Crippen LogP contribution < -0.4 is 11.5 Å². The topological polar surface area (TPSA) is 58.5 Å². The van der Waals surface area contributed by atoms with E-state index in [-0.39, 0.29) is 12.4 Å². The van der Waals surface area contributed by atoms with E-state index in [9.17, 15) is 4.39 Å². The Labute approximate surface area is 144 Å². The van der Waals surface area contributed by atoms with Crippen LogP contribution in [0.15, 0.2) is 31.1 Å². The van der Waals surface area contributed by atoms with E-state index in [2.05, 4.69) is 31.9 Å². The lowest BCUT2D eigenvalue weighted by Crippen LogP contribution is -2.40. The van der Waals surface area contributed by atoms with Crippen molar-refractivity contribution in [2.75, 3.05) is 25.9 Å². The van der Waals surface area contributed by atoms with Crippen LogP contribution in [0.3, 0.4) is 0 Å². The van der Waals surface area contributed by atoms with Crippen LogP contribution in [-0.2, 0) is 6.54 Å². The summed E-state index contributed by atoms with van der Waals surface area (Å²) in [6, 6.07) is 2.77. The normalized spacial score (nSPS) is 16.8. The maximum absolute atomic E-state index is 13.9. The molecule has 5 heteroatoms. The van der Waals surface area contributed by atoms with Crippen LogP contribution >= 0.6 is 0 Å². The third-order valence-electron chi connectivity index (χ3n) is 5.04. The van der Waals surface area contributed by atoms with Gasteiger partial charge in [0.1, 0.15) is 11.6 Å². The molecule has 1 aliphatic heterocycles. The van der Waals surface area contributed by atoms with Gasteiger partial charge in [-0.1, -0.05) is 27.0 Å². The van der Waals surface area contributed by atoms with Crippen molar-refractivity contribution < 1.29 is 4.39 Å². The summed E-state index contributed by atoms with van der Waals surface area (Å²) in [6.07, 6.45) is 2.23.